The largest absolute Gasteiger partial charge is 0.497 e. The third-order valence-electron chi connectivity index (χ3n) is 5.27. The first-order chi connectivity index (χ1) is 16.1. The van der Waals surface area contributed by atoms with Crippen LogP contribution in [0.5, 0.6) is 5.75 Å². The average Bonchev–Trinajstić information content (AvgIpc) is 2.88. The molecule has 0 saturated heterocycles. The number of hydrogen-bond acceptors (Lipinski definition) is 5. The number of benzene rings is 4. The van der Waals surface area contributed by atoms with E-state index >= 15 is 0 Å². The first-order valence-corrected chi connectivity index (χ1v) is 11.1. The maximum atomic E-state index is 13.2. The molecule has 4 rings (SSSR count). The van der Waals surface area contributed by atoms with E-state index in [9.17, 15) is 4.79 Å². The zero-order chi connectivity index (χ0) is 23.8. The van der Waals surface area contributed by atoms with E-state index in [1.165, 1.54) is 0 Å². The number of nitrogens with one attached hydrogen (secondary N) is 1. The van der Waals surface area contributed by atoms with Crippen molar-refractivity contribution in [2.24, 2.45) is 0 Å². The Kier molecular flexibility index (Phi) is 8.11. The van der Waals surface area contributed by atoms with Gasteiger partial charge in [-0.05, 0) is 72.3 Å². The summed E-state index contributed by atoms with van der Waals surface area (Å²) in [5, 5.41) is 2.13. The molecule has 33 heavy (non-hydrogen) atoms. The molecule has 0 fully saturated rings. The molecule has 0 spiro atoms. The van der Waals surface area contributed by atoms with Crippen molar-refractivity contribution < 1.29 is 14.3 Å². The highest BCUT2D eigenvalue weighted by molar-refractivity contribution is 8.00. The lowest BCUT2D eigenvalue weighted by atomic mass is 10.1. The minimum Gasteiger partial charge on any atom is -0.497 e. The highest BCUT2D eigenvalue weighted by Crippen LogP contribution is 2.35. The van der Waals surface area contributed by atoms with Gasteiger partial charge in [-0.3, -0.25) is 4.79 Å². The Bertz CT molecular complexity index is 1240. The van der Waals surface area contributed by atoms with Crippen LogP contribution < -0.4 is 14.4 Å². The van der Waals surface area contributed by atoms with Crippen molar-refractivity contribution in [2.75, 3.05) is 23.8 Å². The van der Waals surface area contributed by atoms with Crippen LogP contribution in [0.2, 0.25) is 0 Å². The van der Waals surface area contributed by atoms with Gasteiger partial charge in [0.2, 0.25) is 0 Å². The molecule has 0 unspecified atom stereocenters. The van der Waals surface area contributed by atoms with E-state index in [2.05, 4.69) is 22.9 Å². The summed E-state index contributed by atoms with van der Waals surface area (Å²) in [5.41, 5.74) is 3.57. The Balaban J connectivity index is 0.00000149. The SMILES string of the molecule is C=O.COc1ccc(NSc2ccc(N(C)C(=O)c3ccccc3C)c3ccccc23)cc1. The van der Waals surface area contributed by atoms with Crippen LogP contribution in [-0.4, -0.2) is 26.9 Å². The summed E-state index contributed by atoms with van der Waals surface area (Å²) in [7, 11) is 3.49. The van der Waals surface area contributed by atoms with Gasteiger partial charge in [-0.1, -0.05) is 42.5 Å². The fourth-order valence-electron chi connectivity index (χ4n) is 3.51. The Morgan fingerprint density at radius 2 is 1.52 bits per heavy atom. The molecule has 0 aliphatic rings. The van der Waals surface area contributed by atoms with Crippen molar-refractivity contribution in [1.82, 2.24) is 0 Å². The van der Waals surface area contributed by atoms with E-state index in [-0.39, 0.29) is 5.91 Å². The zero-order valence-corrected chi connectivity index (χ0v) is 19.7. The molecule has 1 amide bonds. The van der Waals surface area contributed by atoms with Crippen molar-refractivity contribution in [2.45, 2.75) is 11.8 Å². The van der Waals surface area contributed by atoms with Crippen molar-refractivity contribution in [3.05, 3.63) is 96.1 Å². The Morgan fingerprint density at radius 1 is 0.879 bits per heavy atom. The van der Waals surface area contributed by atoms with Crippen molar-refractivity contribution in [1.29, 1.82) is 0 Å². The normalized spacial score (nSPS) is 10.2. The molecular formula is C27H26N2O3S. The number of ether oxygens (including phenoxy) is 1. The molecule has 0 heterocycles. The monoisotopic (exact) mass is 458 g/mol. The van der Waals surface area contributed by atoms with Crippen LogP contribution in [-0.2, 0) is 4.79 Å². The van der Waals surface area contributed by atoms with Crippen LogP contribution in [0.15, 0.2) is 89.8 Å². The number of carbonyl (C=O) groups is 2. The van der Waals surface area contributed by atoms with Crippen molar-refractivity contribution >= 4 is 46.8 Å². The fourth-order valence-corrected chi connectivity index (χ4v) is 4.30. The molecule has 0 aliphatic carbocycles. The van der Waals surface area contributed by atoms with Gasteiger partial charge in [0.15, 0.2) is 0 Å². The summed E-state index contributed by atoms with van der Waals surface area (Å²) in [6, 6.07) is 27.7. The Morgan fingerprint density at radius 3 is 2.18 bits per heavy atom. The molecule has 4 aromatic carbocycles. The fraction of sp³-hybridized carbons (Fsp3) is 0.111. The van der Waals surface area contributed by atoms with Crippen LogP contribution in [0.1, 0.15) is 15.9 Å². The minimum atomic E-state index is -0.0139. The number of fused-ring (bicyclic) bond motifs is 1. The molecule has 0 atom stereocenters. The van der Waals surface area contributed by atoms with Crippen LogP contribution in [0.3, 0.4) is 0 Å². The van der Waals surface area contributed by atoms with Gasteiger partial charge < -0.3 is 19.2 Å². The lowest BCUT2D eigenvalue weighted by molar-refractivity contribution is -0.0980. The molecule has 6 heteroatoms. The van der Waals surface area contributed by atoms with Gasteiger partial charge in [-0.25, -0.2) is 0 Å². The molecule has 0 aliphatic heterocycles. The first-order valence-electron chi connectivity index (χ1n) is 10.3. The molecule has 0 saturated carbocycles. The van der Waals surface area contributed by atoms with Crippen LogP contribution in [0.4, 0.5) is 11.4 Å². The molecule has 0 bridgehead atoms. The number of aryl methyl sites for hydroxylation is 1. The maximum Gasteiger partial charge on any atom is 0.258 e. The van der Waals surface area contributed by atoms with Gasteiger partial charge in [0, 0.05) is 28.6 Å². The van der Waals surface area contributed by atoms with Gasteiger partial charge in [0.1, 0.15) is 12.5 Å². The van der Waals surface area contributed by atoms with E-state index in [4.69, 9.17) is 9.53 Å². The van der Waals surface area contributed by atoms with E-state index in [0.29, 0.717) is 5.56 Å². The molecule has 4 aromatic rings. The van der Waals surface area contributed by atoms with Crippen LogP contribution in [0.25, 0.3) is 10.8 Å². The van der Waals surface area contributed by atoms with Gasteiger partial charge in [-0.15, -0.1) is 0 Å². The summed E-state index contributed by atoms with van der Waals surface area (Å²) in [5.74, 6) is 0.812. The minimum absolute atomic E-state index is 0.0139. The summed E-state index contributed by atoms with van der Waals surface area (Å²) in [4.78, 5) is 24.0. The van der Waals surface area contributed by atoms with Gasteiger partial charge in [-0.2, -0.15) is 0 Å². The molecule has 0 radical (unpaired) electrons. The lowest BCUT2D eigenvalue weighted by Crippen LogP contribution is -2.27. The van der Waals surface area contributed by atoms with E-state index in [1.54, 1.807) is 24.0 Å². The van der Waals surface area contributed by atoms with Crippen molar-refractivity contribution in [3.63, 3.8) is 0 Å². The maximum absolute atomic E-state index is 13.2. The summed E-state index contributed by atoms with van der Waals surface area (Å²) < 4.78 is 8.61. The molecule has 5 nitrogen and oxygen atoms in total. The number of carbonyl (C=O) groups excluding carboxylic acids is 2. The molecule has 0 aromatic heterocycles. The third-order valence-corrected chi connectivity index (χ3v) is 6.19. The highest BCUT2D eigenvalue weighted by Gasteiger charge is 2.18. The van der Waals surface area contributed by atoms with E-state index < -0.39 is 0 Å². The number of anilines is 2. The van der Waals surface area contributed by atoms with Gasteiger partial charge in [0.25, 0.3) is 5.91 Å². The van der Waals surface area contributed by atoms with Crippen LogP contribution in [0, 0.1) is 6.92 Å². The standard InChI is InChI=1S/C26H24N2O2S.CH2O/c1-18-8-4-5-9-21(18)26(29)28(2)24-16-17-25(23-11-7-6-10-22(23)24)31-27-19-12-14-20(30-3)15-13-19;1-2/h4-17,27H,1-3H3;1H2. The molecule has 168 valence electrons. The Labute approximate surface area is 198 Å². The number of methoxy groups -OCH3 is 1. The summed E-state index contributed by atoms with van der Waals surface area (Å²) in [6.07, 6.45) is 0. The second-order valence-corrected chi connectivity index (χ2v) is 8.09. The number of amides is 1. The van der Waals surface area contributed by atoms with Crippen LogP contribution >= 0.6 is 11.9 Å². The number of hydrogen-bond donors (Lipinski definition) is 1. The predicted molar refractivity (Wildman–Crippen MR) is 137 cm³/mol. The quantitative estimate of drug-likeness (QED) is 0.340. The number of rotatable bonds is 6. The smallest absolute Gasteiger partial charge is 0.258 e. The lowest BCUT2D eigenvalue weighted by Gasteiger charge is -2.21. The highest BCUT2D eigenvalue weighted by atomic mass is 32.2. The molecule has 1 N–H and O–H groups in total. The third kappa shape index (κ3) is 5.35. The van der Waals surface area contributed by atoms with Gasteiger partial charge >= 0.3 is 0 Å². The topological polar surface area (TPSA) is 58.6 Å². The van der Waals surface area contributed by atoms with E-state index in [0.717, 1.165) is 38.4 Å². The predicted octanol–water partition coefficient (Wildman–Crippen LogP) is 6.37. The van der Waals surface area contributed by atoms with Gasteiger partial charge in [0.05, 0.1) is 12.8 Å². The number of nitrogens with zero attached hydrogens (tertiary/aromatic N) is 1. The summed E-state index contributed by atoms with van der Waals surface area (Å²) in [6.45, 7) is 3.96. The average molecular weight is 459 g/mol. The second kappa shape index (κ2) is 11.2. The summed E-state index contributed by atoms with van der Waals surface area (Å²) >= 11 is 1.55. The Hall–Kier alpha value is -3.77. The molecular weight excluding hydrogens is 432 g/mol. The first kappa shape index (κ1) is 23.9. The zero-order valence-electron chi connectivity index (χ0n) is 18.9. The van der Waals surface area contributed by atoms with Crippen molar-refractivity contribution in [3.8, 4) is 5.75 Å². The van der Waals surface area contributed by atoms with E-state index in [1.807, 2.05) is 87.5 Å². The second-order valence-electron chi connectivity index (χ2n) is 7.24.